The van der Waals surface area contributed by atoms with Crippen molar-refractivity contribution in [2.75, 3.05) is 60.9 Å². The van der Waals surface area contributed by atoms with Gasteiger partial charge in [-0.25, -0.2) is 9.59 Å². The standard InChI is InChI=1S/C25H47NO10Si/c1-22(2)24(28)35-20-19-33-18-15-26-25(29)36-17-12-9-7-6-8-11-16-34-23(27)14-10-13-21-37(30-3,31-4)32-5/h1,6-21H2,2-5H3,(H,26,29). The predicted octanol–water partition coefficient (Wildman–Crippen LogP) is 3.78. The van der Waals surface area contributed by atoms with Crippen molar-refractivity contribution in [1.29, 1.82) is 0 Å². The molecule has 0 radical (unpaired) electrons. The lowest BCUT2D eigenvalue weighted by Gasteiger charge is -2.24. The van der Waals surface area contributed by atoms with Gasteiger partial charge in [-0.1, -0.05) is 32.3 Å². The number of unbranched alkanes of at least 4 members (excludes halogenated alkanes) is 6. The Bertz CT molecular complexity index is 635. The van der Waals surface area contributed by atoms with Gasteiger partial charge in [0.1, 0.15) is 6.61 Å². The number of rotatable bonds is 24. The molecule has 0 bridgehead atoms. The van der Waals surface area contributed by atoms with Crippen LogP contribution < -0.4 is 5.32 Å². The number of amides is 1. The highest BCUT2D eigenvalue weighted by molar-refractivity contribution is 6.60. The van der Waals surface area contributed by atoms with Gasteiger partial charge in [-0.2, -0.15) is 0 Å². The molecule has 0 unspecified atom stereocenters. The van der Waals surface area contributed by atoms with Crippen LogP contribution in [0.3, 0.4) is 0 Å². The summed E-state index contributed by atoms with van der Waals surface area (Å²) in [6.45, 7) is 6.88. The SMILES string of the molecule is C=C(C)C(=O)OCCOCCNC(=O)OCCCCCCCCOC(=O)CCCC[Si](OC)(OC)OC. The summed E-state index contributed by atoms with van der Waals surface area (Å²) in [5, 5.41) is 2.60. The first-order valence-electron chi connectivity index (χ1n) is 12.9. The summed E-state index contributed by atoms with van der Waals surface area (Å²) in [5.74, 6) is -0.624. The second-order valence-corrected chi connectivity index (χ2v) is 11.5. The lowest BCUT2D eigenvalue weighted by molar-refractivity contribution is -0.144. The first-order valence-corrected chi connectivity index (χ1v) is 14.9. The van der Waals surface area contributed by atoms with Crippen molar-refractivity contribution in [3.05, 3.63) is 12.2 Å². The van der Waals surface area contributed by atoms with E-state index in [2.05, 4.69) is 11.9 Å². The molecule has 0 saturated carbocycles. The summed E-state index contributed by atoms with van der Waals surface area (Å²) in [5.41, 5.74) is 0.341. The van der Waals surface area contributed by atoms with Gasteiger partial charge in [-0.05, 0) is 32.6 Å². The number of carbonyl (C=O) groups is 3. The van der Waals surface area contributed by atoms with Gasteiger partial charge in [0.25, 0.3) is 0 Å². The number of nitrogens with one attached hydrogen (secondary N) is 1. The van der Waals surface area contributed by atoms with Gasteiger partial charge in [-0.15, -0.1) is 0 Å². The molecule has 0 spiro atoms. The summed E-state index contributed by atoms with van der Waals surface area (Å²) >= 11 is 0. The van der Waals surface area contributed by atoms with Gasteiger partial charge < -0.3 is 37.5 Å². The summed E-state index contributed by atoms with van der Waals surface area (Å²) in [6.07, 6.45) is 7.08. The number of alkyl carbamates (subject to hydrolysis) is 1. The zero-order valence-electron chi connectivity index (χ0n) is 23.1. The van der Waals surface area contributed by atoms with E-state index >= 15 is 0 Å². The van der Waals surface area contributed by atoms with E-state index in [1.165, 1.54) is 0 Å². The minimum atomic E-state index is -2.56. The van der Waals surface area contributed by atoms with E-state index in [9.17, 15) is 14.4 Å². The molecule has 216 valence electrons. The molecule has 0 aliphatic heterocycles. The van der Waals surface area contributed by atoms with Crippen LogP contribution in [-0.4, -0.2) is 87.7 Å². The van der Waals surface area contributed by atoms with Gasteiger partial charge in [0.05, 0.1) is 26.4 Å². The van der Waals surface area contributed by atoms with Crippen molar-refractivity contribution < 1.29 is 46.6 Å². The van der Waals surface area contributed by atoms with Crippen LogP contribution in [0.4, 0.5) is 4.79 Å². The van der Waals surface area contributed by atoms with E-state index in [1.54, 1.807) is 28.3 Å². The van der Waals surface area contributed by atoms with Crippen molar-refractivity contribution in [2.45, 2.75) is 70.8 Å². The van der Waals surface area contributed by atoms with E-state index < -0.39 is 20.9 Å². The van der Waals surface area contributed by atoms with Gasteiger partial charge >= 0.3 is 26.8 Å². The first-order chi connectivity index (χ1) is 17.8. The fourth-order valence-corrected chi connectivity index (χ4v) is 4.99. The summed E-state index contributed by atoms with van der Waals surface area (Å²) in [7, 11) is 2.18. The van der Waals surface area contributed by atoms with Crippen LogP contribution in [0.25, 0.3) is 0 Å². The van der Waals surface area contributed by atoms with Crippen LogP contribution in [0.1, 0.15) is 64.7 Å². The Kier molecular flexibility index (Phi) is 21.9. The van der Waals surface area contributed by atoms with E-state index in [4.69, 9.17) is 32.2 Å². The maximum Gasteiger partial charge on any atom is 0.500 e. The minimum absolute atomic E-state index is 0.143. The Balaban J connectivity index is 3.44. The Morgan fingerprint density at radius 3 is 1.89 bits per heavy atom. The summed E-state index contributed by atoms with van der Waals surface area (Å²) in [6, 6.07) is 0.673. The van der Waals surface area contributed by atoms with Crippen molar-refractivity contribution in [3.63, 3.8) is 0 Å². The second kappa shape index (κ2) is 23.1. The average Bonchev–Trinajstić information content (AvgIpc) is 2.89. The van der Waals surface area contributed by atoms with Crippen LogP contribution in [0, 0.1) is 0 Å². The highest BCUT2D eigenvalue weighted by atomic mass is 28.4. The molecular weight excluding hydrogens is 502 g/mol. The Morgan fingerprint density at radius 2 is 1.30 bits per heavy atom. The summed E-state index contributed by atoms with van der Waals surface area (Å²) < 4.78 is 36.6. The highest BCUT2D eigenvalue weighted by Gasteiger charge is 2.36. The van der Waals surface area contributed by atoms with Gasteiger partial charge in [-0.3, -0.25) is 4.79 Å². The molecule has 0 aliphatic carbocycles. The van der Waals surface area contributed by atoms with Gasteiger partial charge in [0.15, 0.2) is 0 Å². The van der Waals surface area contributed by atoms with Crippen molar-refractivity contribution in [2.24, 2.45) is 0 Å². The molecule has 0 aliphatic rings. The molecule has 0 atom stereocenters. The monoisotopic (exact) mass is 549 g/mol. The molecule has 0 heterocycles. The van der Waals surface area contributed by atoms with Gasteiger partial charge in [0, 0.05) is 45.9 Å². The topological polar surface area (TPSA) is 128 Å². The number of ether oxygens (including phenoxy) is 4. The predicted molar refractivity (Wildman–Crippen MR) is 140 cm³/mol. The molecule has 1 amide bonds. The van der Waals surface area contributed by atoms with Crippen LogP contribution in [0.2, 0.25) is 6.04 Å². The molecule has 0 saturated heterocycles. The van der Waals surface area contributed by atoms with E-state index in [-0.39, 0.29) is 19.2 Å². The third kappa shape index (κ3) is 19.7. The van der Waals surface area contributed by atoms with Crippen molar-refractivity contribution in [1.82, 2.24) is 5.32 Å². The van der Waals surface area contributed by atoms with Crippen molar-refractivity contribution in [3.8, 4) is 0 Å². The van der Waals surface area contributed by atoms with Crippen LogP contribution in [0.15, 0.2) is 12.2 Å². The second-order valence-electron chi connectivity index (χ2n) is 8.44. The molecule has 0 aromatic heterocycles. The average molecular weight is 550 g/mol. The fraction of sp³-hybridized carbons (Fsp3) is 0.800. The van der Waals surface area contributed by atoms with E-state index in [0.717, 1.165) is 44.9 Å². The lowest BCUT2D eigenvalue weighted by atomic mass is 10.1. The molecule has 0 aromatic rings. The molecular formula is C25H47NO10Si. The Hall–Kier alpha value is -1.99. The van der Waals surface area contributed by atoms with Gasteiger partial charge in [0.2, 0.25) is 0 Å². The molecule has 1 N–H and O–H groups in total. The zero-order chi connectivity index (χ0) is 27.8. The largest absolute Gasteiger partial charge is 0.500 e. The van der Waals surface area contributed by atoms with Crippen LogP contribution in [0.5, 0.6) is 0 Å². The normalized spacial score (nSPS) is 11.1. The Labute approximate surface area is 222 Å². The summed E-state index contributed by atoms with van der Waals surface area (Å²) in [4.78, 5) is 34.6. The van der Waals surface area contributed by atoms with Crippen molar-refractivity contribution >= 4 is 26.8 Å². The third-order valence-electron chi connectivity index (χ3n) is 5.41. The smallest absolute Gasteiger partial charge is 0.466 e. The molecule has 12 heteroatoms. The van der Waals surface area contributed by atoms with E-state index in [0.29, 0.717) is 50.8 Å². The molecule has 0 aromatic carbocycles. The fourth-order valence-electron chi connectivity index (χ4n) is 3.20. The number of hydrogen-bond acceptors (Lipinski definition) is 10. The third-order valence-corrected chi connectivity index (χ3v) is 8.24. The van der Waals surface area contributed by atoms with Crippen LogP contribution >= 0.6 is 0 Å². The maximum absolute atomic E-state index is 11.8. The number of hydrogen-bond donors (Lipinski definition) is 1. The molecule has 0 rings (SSSR count). The highest BCUT2D eigenvalue weighted by Crippen LogP contribution is 2.17. The van der Waals surface area contributed by atoms with E-state index in [1.807, 2.05) is 0 Å². The first kappa shape index (κ1) is 35.0. The quantitative estimate of drug-likeness (QED) is 0.0624. The number of esters is 2. The number of carbonyl (C=O) groups excluding carboxylic acids is 3. The lowest BCUT2D eigenvalue weighted by Crippen LogP contribution is -2.42. The van der Waals surface area contributed by atoms with Crippen LogP contribution in [-0.2, 0) is 41.8 Å². The minimum Gasteiger partial charge on any atom is -0.466 e. The maximum atomic E-state index is 11.8. The molecule has 11 nitrogen and oxygen atoms in total. The molecule has 0 fully saturated rings. The Morgan fingerprint density at radius 1 is 0.703 bits per heavy atom. The zero-order valence-corrected chi connectivity index (χ0v) is 24.1. The molecule has 37 heavy (non-hydrogen) atoms.